The number of carboxylic acid groups (broad SMARTS) is 1. The second-order valence-electron chi connectivity index (χ2n) is 5.14. The molecule has 4 nitrogen and oxygen atoms in total. The van der Waals surface area contributed by atoms with E-state index in [0.29, 0.717) is 11.1 Å². The van der Waals surface area contributed by atoms with Crippen molar-refractivity contribution in [2.45, 2.75) is 25.1 Å². The summed E-state index contributed by atoms with van der Waals surface area (Å²) in [5.41, 5.74) is 4.41. The number of nitrogens with two attached hydrogens (primary N) is 1. The quantitative estimate of drug-likeness (QED) is 0.903. The van der Waals surface area contributed by atoms with Crippen LogP contribution in [0.4, 0.5) is 13.2 Å². The molecule has 2 aromatic rings. The van der Waals surface area contributed by atoms with Crippen LogP contribution >= 0.6 is 11.3 Å². The maximum Gasteiger partial charge on any atom is 0.434 e. The van der Waals surface area contributed by atoms with Gasteiger partial charge in [0.05, 0.1) is 0 Å². The van der Waals surface area contributed by atoms with E-state index in [1.165, 1.54) is 6.92 Å². The average molecular weight is 330 g/mol. The molecule has 1 atom stereocenters. The minimum atomic E-state index is -4.48. The van der Waals surface area contributed by atoms with Crippen molar-refractivity contribution in [2.24, 2.45) is 5.73 Å². The molecule has 0 aliphatic rings. The lowest BCUT2D eigenvalue weighted by atomic mass is 9.93. The van der Waals surface area contributed by atoms with Crippen LogP contribution in [0, 0.1) is 0 Å². The molecular formula is C14H13F3N2O2S. The van der Waals surface area contributed by atoms with E-state index in [0.717, 1.165) is 16.7 Å². The second-order valence-corrected chi connectivity index (χ2v) is 5.99. The van der Waals surface area contributed by atoms with Gasteiger partial charge in [0, 0.05) is 17.4 Å². The minimum Gasteiger partial charge on any atom is -0.480 e. The lowest BCUT2D eigenvalue weighted by Crippen LogP contribution is -2.46. The summed E-state index contributed by atoms with van der Waals surface area (Å²) in [6.45, 7) is 1.38. The van der Waals surface area contributed by atoms with Crippen LogP contribution in [0.2, 0.25) is 0 Å². The molecule has 3 N–H and O–H groups in total. The number of thiazole rings is 1. The number of hydrogen-bond donors (Lipinski definition) is 2. The first-order valence-corrected chi connectivity index (χ1v) is 7.12. The Labute approximate surface area is 128 Å². The highest BCUT2D eigenvalue weighted by Crippen LogP contribution is 2.33. The smallest absolute Gasteiger partial charge is 0.434 e. The number of carbonyl (C=O) groups is 1. The number of alkyl halides is 3. The molecule has 0 fully saturated rings. The number of benzene rings is 1. The van der Waals surface area contributed by atoms with E-state index in [2.05, 4.69) is 4.98 Å². The summed E-state index contributed by atoms with van der Waals surface area (Å²) < 4.78 is 37.7. The van der Waals surface area contributed by atoms with Gasteiger partial charge in [-0.25, -0.2) is 4.98 Å². The summed E-state index contributed by atoms with van der Waals surface area (Å²) in [7, 11) is 0. The summed E-state index contributed by atoms with van der Waals surface area (Å²) in [4.78, 5) is 14.6. The average Bonchev–Trinajstić information content (AvgIpc) is 2.87. The summed E-state index contributed by atoms with van der Waals surface area (Å²) in [6, 6.07) is 6.54. The van der Waals surface area contributed by atoms with Crippen LogP contribution in [0.3, 0.4) is 0 Å². The summed E-state index contributed by atoms with van der Waals surface area (Å²) in [5, 5.41) is 10.2. The number of nitrogens with zero attached hydrogens (tertiary/aromatic N) is 1. The van der Waals surface area contributed by atoms with Gasteiger partial charge in [-0.3, -0.25) is 4.79 Å². The molecule has 0 spiro atoms. The fourth-order valence-corrected chi connectivity index (χ4v) is 2.67. The molecule has 0 saturated carbocycles. The van der Waals surface area contributed by atoms with Gasteiger partial charge >= 0.3 is 12.1 Å². The maximum absolute atomic E-state index is 12.6. The summed E-state index contributed by atoms with van der Waals surface area (Å²) in [5.74, 6) is -1.15. The molecule has 1 aromatic heterocycles. The first kappa shape index (κ1) is 16.4. The van der Waals surface area contributed by atoms with E-state index >= 15 is 0 Å². The van der Waals surface area contributed by atoms with Gasteiger partial charge in [0.1, 0.15) is 10.5 Å². The number of aliphatic carboxylic acids is 1. The fourth-order valence-electron chi connectivity index (χ4n) is 1.85. The van der Waals surface area contributed by atoms with Gasteiger partial charge < -0.3 is 10.8 Å². The van der Waals surface area contributed by atoms with Crippen LogP contribution in [0.5, 0.6) is 0 Å². The molecule has 0 aliphatic carbocycles. The zero-order valence-corrected chi connectivity index (χ0v) is 12.3. The van der Waals surface area contributed by atoms with Gasteiger partial charge in [-0.15, -0.1) is 11.3 Å². The Morgan fingerprint density at radius 2 is 2.09 bits per heavy atom. The molecule has 1 aromatic carbocycles. The Morgan fingerprint density at radius 1 is 1.41 bits per heavy atom. The zero-order valence-electron chi connectivity index (χ0n) is 11.5. The van der Waals surface area contributed by atoms with E-state index in [1.807, 2.05) is 0 Å². The van der Waals surface area contributed by atoms with Crippen molar-refractivity contribution >= 4 is 17.3 Å². The highest BCUT2D eigenvalue weighted by Gasteiger charge is 2.34. The molecule has 0 bridgehead atoms. The Kier molecular flexibility index (Phi) is 4.25. The van der Waals surface area contributed by atoms with E-state index in [4.69, 9.17) is 10.8 Å². The lowest BCUT2D eigenvalue weighted by Gasteiger charge is -2.19. The third kappa shape index (κ3) is 3.63. The molecular weight excluding hydrogens is 317 g/mol. The van der Waals surface area contributed by atoms with Crippen molar-refractivity contribution in [3.63, 3.8) is 0 Å². The largest absolute Gasteiger partial charge is 0.480 e. The molecule has 2 rings (SSSR count). The first-order valence-electron chi connectivity index (χ1n) is 6.24. The second kappa shape index (κ2) is 5.69. The lowest BCUT2D eigenvalue weighted by molar-refractivity contribution is -0.142. The van der Waals surface area contributed by atoms with Crippen LogP contribution in [-0.2, 0) is 17.4 Å². The van der Waals surface area contributed by atoms with Crippen molar-refractivity contribution in [3.8, 4) is 10.6 Å². The van der Waals surface area contributed by atoms with Crippen molar-refractivity contribution < 1.29 is 23.1 Å². The highest BCUT2D eigenvalue weighted by molar-refractivity contribution is 7.13. The SMILES string of the molecule is CC(N)(Cc1cccc(-c2nc(C(F)(F)F)cs2)c1)C(=O)O. The molecule has 8 heteroatoms. The van der Waals surface area contributed by atoms with Crippen molar-refractivity contribution in [1.29, 1.82) is 0 Å². The van der Waals surface area contributed by atoms with Crippen molar-refractivity contribution in [1.82, 2.24) is 4.98 Å². The summed E-state index contributed by atoms with van der Waals surface area (Å²) in [6.07, 6.45) is -4.42. The molecule has 0 radical (unpaired) electrons. The van der Waals surface area contributed by atoms with Gasteiger partial charge in [0.25, 0.3) is 0 Å². The van der Waals surface area contributed by atoms with Crippen LogP contribution < -0.4 is 5.73 Å². The van der Waals surface area contributed by atoms with Crippen LogP contribution in [0.15, 0.2) is 29.6 Å². The predicted octanol–water partition coefficient (Wildman–Crippen LogP) is 3.17. The minimum absolute atomic E-state index is 0.0632. The number of hydrogen-bond acceptors (Lipinski definition) is 4. The zero-order chi connectivity index (χ0) is 16.5. The normalized spacial score (nSPS) is 14.6. The van der Waals surface area contributed by atoms with E-state index in [1.54, 1.807) is 24.3 Å². The standard InChI is InChI=1S/C14H13F3N2O2S/c1-13(18,12(20)21)6-8-3-2-4-9(5-8)11-19-10(7-22-11)14(15,16)17/h2-5,7H,6,18H2,1H3,(H,20,21). The number of rotatable bonds is 4. The predicted molar refractivity (Wildman–Crippen MR) is 76.5 cm³/mol. The number of aromatic nitrogens is 1. The third-order valence-electron chi connectivity index (χ3n) is 3.03. The first-order chi connectivity index (χ1) is 10.1. The molecule has 0 aliphatic heterocycles. The van der Waals surface area contributed by atoms with Gasteiger partial charge in [-0.05, 0) is 18.6 Å². The van der Waals surface area contributed by atoms with E-state index in [9.17, 15) is 18.0 Å². The van der Waals surface area contributed by atoms with Gasteiger partial charge in [0.2, 0.25) is 0 Å². The van der Waals surface area contributed by atoms with Gasteiger partial charge in [-0.2, -0.15) is 13.2 Å². The fraction of sp³-hybridized carbons (Fsp3) is 0.286. The number of carboxylic acids is 1. The topological polar surface area (TPSA) is 76.2 Å². The maximum atomic E-state index is 12.6. The Bertz CT molecular complexity index is 695. The molecule has 22 heavy (non-hydrogen) atoms. The van der Waals surface area contributed by atoms with Gasteiger partial charge in [0.15, 0.2) is 5.69 Å². The Balaban J connectivity index is 2.29. The van der Waals surface area contributed by atoms with Gasteiger partial charge in [-0.1, -0.05) is 18.2 Å². The molecule has 1 unspecified atom stereocenters. The van der Waals surface area contributed by atoms with Crippen LogP contribution in [-0.4, -0.2) is 21.6 Å². The number of halogens is 3. The van der Waals surface area contributed by atoms with E-state index < -0.39 is 23.4 Å². The van der Waals surface area contributed by atoms with Crippen molar-refractivity contribution in [3.05, 3.63) is 40.9 Å². The van der Waals surface area contributed by atoms with E-state index in [-0.39, 0.29) is 11.4 Å². The monoisotopic (exact) mass is 330 g/mol. The molecule has 0 saturated heterocycles. The molecule has 0 amide bonds. The highest BCUT2D eigenvalue weighted by atomic mass is 32.1. The van der Waals surface area contributed by atoms with Crippen LogP contribution in [0.1, 0.15) is 18.2 Å². The van der Waals surface area contributed by atoms with Crippen LogP contribution in [0.25, 0.3) is 10.6 Å². The van der Waals surface area contributed by atoms with Crippen molar-refractivity contribution in [2.75, 3.05) is 0 Å². The third-order valence-corrected chi connectivity index (χ3v) is 3.92. The molecule has 1 heterocycles. The summed E-state index contributed by atoms with van der Waals surface area (Å²) >= 11 is 0.884. The Morgan fingerprint density at radius 3 is 2.64 bits per heavy atom. The molecule has 118 valence electrons. The Hall–Kier alpha value is -1.93.